The van der Waals surface area contributed by atoms with Crippen LogP contribution in [0.5, 0.6) is 0 Å². The summed E-state index contributed by atoms with van der Waals surface area (Å²) < 4.78 is 52.4. The molecule has 0 bridgehead atoms. The standard InChI is InChI=1S/C14H18F2O3S/c1-10-7-12(17)8-11(10)9-14(15,16)20(18,19)13-5-3-2-4-6-13/h2-6,10-12,17H,7-9H2,1H3. The maximum atomic E-state index is 14.2. The minimum absolute atomic E-state index is 0.0955. The quantitative estimate of drug-likeness (QED) is 0.930. The first-order valence-corrected chi connectivity index (χ1v) is 8.08. The van der Waals surface area contributed by atoms with Crippen molar-refractivity contribution in [3.63, 3.8) is 0 Å². The molecule has 0 radical (unpaired) electrons. The molecule has 112 valence electrons. The van der Waals surface area contributed by atoms with Gasteiger partial charge in [-0.25, -0.2) is 8.42 Å². The monoisotopic (exact) mass is 304 g/mol. The molecule has 1 N–H and O–H groups in total. The zero-order valence-electron chi connectivity index (χ0n) is 11.2. The van der Waals surface area contributed by atoms with E-state index in [2.05, 4.69) is 0 Å². The van der Waals surface area contributed by atoms with Crippen molar-refractivity contribution in [3.05, 3.63) is 30.3 Å². The average molecular weight is 304 g/mol. The van der Waals surface area contributed by atoms with Crippen LogP contribution >= 0.6 is 0 Å². The van der Waals surface area contributed by atoms with Crippen molar-refractivity contribution in [1.82, 2.24) is 0 Å². The average Bonchev–Trinajstić information content (AvgIpc) is 2.68. The Hall–Kier alpha value is -1.01. The van der Waals surface area contributed by atoms with Crippen molar-refractivity contribution >= 4 is 9.84 Å². The molecule has 0 aliphatic heterocycles. The first kappa shape index (κ1) is 15.4. The fraction of sp³-hybridized carbons (Fsp3) is 0.571. The SMILES string of the molecule is CC1CC(O)CC1CC(F)(F)S(=O)(=O)c1ccccc1. The molecule has 3 unspecified atom stereocenters. The van der Waals surface area contributed by atoms with Gasteiger partial charge in [-0.05, 0) is 36.8 Å². The van der Waals surface area contributed by atoms with Crippen molar-refractivity contribution in [2.24, 2.45) is 11.8 Å². The van der Waals surface area contributed by atoms with E-state index in [0.29, 0.717) is 6.42 Å². The molecule has 20 heavy (non-hydrogen) atoms. The van der Waals surface area contributed by atoms with E-state index in [1.54, 1.807) is 13.0 Å². The summed E-state index contributed by atoms with van der Waals surface area (Å²) in [6, 6.07) is 6.77. The number of aliphatic hydroxyl groups excluding tert-OH is 1. The van der Waals surface area contributed by atoms with Gasteiger partial charge in [0.15, 0.2) is 0 Å². The Morgan fingerprint density at radius 3 is 2.35 bits per heavy atom. The maximum absolute atomic E-state index is 14.2. The van der Waals surface area contributed by atoms with Crippen LogP contribution in [0.15, 0.2) is 35.2 Å². The molecule has 1 aliphatic carbocycles. The highest BCUT2D eigenvalue weighted by molar-refractivity contribution is 7.92. The second kappa shape index (κ2) is 5.41. The maximum Gasteiger partial charge on any atom is 0.350 e. The van der Waals surface area contributed by atoms with Gasteiger partial charge in [0.2, 0.25) is 9.84 Å². The van der Waals surface area contributed by atoms with E-state index in [-0.39, 0.29) is 17.2 Å². The number of alkyl halides is 2. The van der Waals surface area contributed by atoms with Gasteiger partial charge in [0.25, 0.3) is 0 Å². The highest BCUT2D eigenvalue weighted by Gasteiger charge is 2.49. The number of sulfone groups is 1. The fourth-order valence-electron chi connectivity index (χ4n) is 2.77. The molecule has 1 fully saturated rings. The largest absolute Gasteiger partial charge is 0.393 e. The third-order valence-corrected chi connectivity index (χ3v) is 5.82. The molecule has 3 atom stereocenters. The zero-order chi connectivity index (χ0) is 15.0. The van der Waals surface area contributed by atoms with E-state index < -0.39 is 33.5 Å². The summed E-state index contributed by atoms with van der Waals surface area (Å²) in [4.78, 5) is -0.365. The summed E-state index contributed by atoms with van der Waals surface area (Å²) in [6.07, 6.45) is -0.652. The molecule has 0 aromatic heterocycles. The van der Waals surface area contributed by atoms with E-state index >= 15 is 0 Å². The lowest BCUT2D eigenvalue weighted by atomic mass is 9.95. The number of hydrogen-bond acceptors (Lipinski definition) is 3. The lowest BCUT2D eigenvalue weighted by Gasteiger charge is -2.22. The lowest BCUT2D eigenvalue weighted by molar-refractivity contribution is 0.0546. The van der Waals surface area contributed by atoms with Gasteiger partial charge in [-0.1, -0.05) is 25.1 Å². The van der Waals surface area contributed by atoms with Crippen LogP contribution in [0, 0.1) is 11.8 Å². The molecular formula is C14H18F2O3S. The minimum Gasteiger partial charge on any atom is -0.393 e. The highest BCUT2D eigenvalue weighted by Crippen LogP contribution is 2.42. The van der Waals surface area contributed by atoms with Crippen LogP contribution in [-0.4, -0.2) is 24.9 Å². The van der Waals surface area contributed by atoms with Crippen LogP contribution in [0.2, 0.25) is 0 Å². The molecule has 2 rings (SSSR count). The Labute approximate surface area is 117 Å². The van der Waals surface area contributed by atoms with Crippen LogP contribution in [0.4, 0.5) is 8.78 Å². The molecule has 1 saturated carbocycles. The van der Waals surface area contributed by atoms with Gasteiger partial charge in [-0.3, -0.25) is 0 Å². The number of aliphatic hydroxyl groups is 1. The predicted octanol–water partition coefficient (Wildman–Crippen LogP) is 2.85. The van der Waals surface area contributed by atoms with Crippen LogP contribution < -0.4 is 0 Å². The Morgan fingerprint density at radius 1 is 1.25 bits per heavy atom. The van der Waals surface area contributed by atoms with E-state index in [4.69, 9.17) is 0 Å². The van der Waals surface area contributed by atoms with E-state index in [1.807, 2.05) is 0 Å². The molecule has 0 heterocycles. The molecular weight excluding hydrogens is 286 g/mol. The van der Waals surface area contributed by atoms with Gasteiger partial charge in [-0.15, -0.1) is 0 Å². The van der Waals surface area contributed by atoms with E-state index in [0.717, 1.165) is 0 Å². The van der Waals surface area contributed by atoms with Crippen LogP contribution in [-0.2, 0) is 9.84 Å². The summed E-state index contributed by atoms with van der Waals surface area (Å²) in [5, 5.41) is 5.68. The third kappa shape index (κ3) is 2.86. The van der Waals surface area contributed by atoms with Gasteiger partial charge < -0.3 is 5.11 Å². The van der Waals surface area contributed by atoms with Crippen molar-refractivity contribution in [2.75, 3.05) is 0 Å². The number of hydrogen-bond donors (Lipinski definition) is 1. The van der Waals surface area contributed by atoms with Crippen molar-refractivity contribution < 1.29 is 22.3 Å². The molecule has 0 saturated heterocycles. The van der Waals surface area contributed by atoms with E-state index in [9.17, 15) is 22.3 Å². The molecule has 1 aliphatic rings. The minimum atomic E-state index is -4.68. The molecule has 6 heteroatoms. The number of rotatable bonds is 4. The Morgan fingerprint density at radius 2 is 1.85 bits per heavy atom. The summed E-state index contributed by atoms with van der Waals surface area (Å²) in [7, 11) is -4.68. The van der Waals surface area contributed by atoms with Gasteiger partial charge in [-0.2, -0.15) is 8.78 Å². The van der Waals surface area contributed by atoms with Crippen LogP contribution in [0.3, 0.4) is 0 Å². The Kier molecular flexibility index (Phi) is 4.16. The Bertz CT molecular complexity index is 557. The molecule has 0 spiro atoms. The van der Waals surface area contributed by atoms with Crippen LogP contribution in [0.1, 0.15) is 26.2 Å². The van der Waals surface area contributed by atoms with Crippen molar-refractivity contribution in [1.29, 1.82) is 0 Å². The first-order chi connectivity index (χ1) is 9.24. The summed E-state index contributed by atoms with van der Waals surface area (Å²) in [5.74, 6) is -0.569. The molecule has 0 amide bonds. The molecule has 1 aromatic carbocycles. The normalized spacial score (nSPS) is 27.7. The summed E-state index contributed by atoms with van der Waals surface area (Å²) >= 11 is 0. The van der Waals surface area contributed by atoms with Crippen LogP contribution in [0.25, 0.3) is 0 Å². The fourth-order valence-corrected chi connectivity index (χ4v) is 4.06. The third-order valence-electron chi connectivity index (χ3n) is 3.97. The van der Waals surface area contributed by atoms with Gasteiger partial charge >= 0.3 is 5.25 Å². The smallest absolute Gasteiger partial charge is 0.350 e. The number of benzene rings is 1. The van der Waals surface area contributed by atoms with E-state index in [1.165, 1.54) is 24.3 Å². The second-order valence-corrected chi connectivity index (χ2v) is 7.60. The number of halogens is 2. The zero-order valence-corrected chi connectivity index (χ0v) is 12.0. The van der Waals surface area contributed by atoms with Gasteiger partial charge in [0.1, 0.15) is 0 Å². The lowest BCUT2D eigenvalue weighted by Crippen LogP contribution is -2.32. The molecule has 3 nitrogen and oxygen atoms in total. The summed E-state index contributed by atoms with van der Waals surface area (Å²) in [6.45, 7) is 1.77. The van der Waals surface area contributed by atoms with Gasteiger partial charge in [0.05, 0.1) is 11.0 Å². The second-order valence-electron chi connectivity index (χ2n) is 5.52. The Balaban J connectivity index is 2.22. The first-order valence-electron chi connectivity index (χ1n) is 6.59. The van der Waals surface area contributed by atoms with Crippen molar-refractivity contribution in [3.8, 4) is 0 Å². The van der Waals surface area contributed by atoms with Gasteiger partial charge in [0, 0.05) is 6.42 Å². The molecule has 1 aromatic rings. The highest BCUT2D eigenvalue weighted by atomic mass is 32.2. The topological polar surface area (TPSA) is 54.4 Å². The predicted molar refractivity (Wildman–Crippen MR) is 71.1 cm³/mol. The summed E-state index contributed by atoms with van der Waals surface area (Å²) in [5.41, 5.74) is 0. The van der Waals surface area contributed by atoms with Crippen molar-refractivity contribution in [2.45, 2.75) is 42.4 Å².